The number of rotatable bonds is 5. The van der Waals surface area contributed by atoms with Crippen molar-refractivity contribution in [2.45, 2.75) is 51.2 Å². The van der Waals surface area contributed by atoms with Gasteiger partial charge in [-0.25, -0.2) is 18.1 Å². The van der Waals surface area contributed by atoms with Crippen LogP contribution in [0.5, 0.6) is 0 Å². The van der Waals surface area contributed by atoms with Gasteiger partial charge in [-0.3, -0.25) is 4.79 Å². The van der Waals surface area contributed by atoms with Crippen LogP contribution >= 0.6 is 0 Å². The van der Waals surface area contributed by atoms with Gasteiger partial charge in [-0.05, 0) is 56.2 Å². The van der Waals surface area contributed by atoms with Gasteiger partial charge in [0.2, 0.25) is 15.9 Å². The number of aryl methyl sites for hydroxylation is 1. The van der Waals surface area contributed by atoms with E-state index in [9.17, 15) is 13.2 Å². The lowest BCUT2D eigenvalue weighted by Gasteiger charge is -2.20. The van der Waals surface area contributed by atoms with Crippen molar-refractivity contribution < 1.29 is 13.2 Å². The Bertz CT molecular complexity index is 1200. The molecule has 1 atom stereocenters. The first kappa shape index (κ1) is 19.6. The van der Waals surface area contributed by atoms with Crippen LogP contribution in [0.1, 0.15) is 32.2 Å². The van der Waals surface area contributed by atoms with Crippen LogP contribution in [0.25, 0.3) is 11.0 Å². The number of para-hydroxylation sites is 2. The van der Waals surface area contributed by atoms with Gasteiger partial charge in [-0.2, -0.15) is 0 Å². The lowest BCUT2D eigenvalue weighted by atomic mass is 10.1. The third-order valence-electron chi connectivity index (χ3n) is 5.39. The Morgan fingerprint density at radius 2 is 2.00 bits per heavy atom. The third-order valence-corrected chi connectivity index (χ3v) is 6.79. The predicted octanol–water partition coefficient (Wildman–Crippen LogP) is 2.83. The van der Waals surface area contributed by atoms with Gasteiger partial charge in [0, 0.05) is 25.2 Å². The monoisotopic (exact) mass is 412 g/mol. The van der Waals surface area contributed by atoms with Crippen LogP contribution in [0.2, 0.25) is 0 Å². The maximum Gasteiger partial charge on any atom is 0.240 e. The van der Waals surface area contributed by atoms with Gasteiger partial charge in [0.25, 0.3) is 0 Å². The summed E-state index contributed by atoms with van der Waals surface area (Å²) in [5.74, 6) is 0.637. The molecule has 0 saturated heterocycles. The molecule has 1 aliphatic rings. The molecule has 0 radical (unpaired) electrons. The first-order valence-electron chi connectivity index (χ1n) is 9.68. The minimum Gasteiger partial charge on any atom is -0.327 e. The van der Waals surface area contributed by atoms with Crippen molar-refractivity contribution in [1.82, 2.24) is 14.3 Å². The minimum absolute atomic E-state index is 0.0258. The summed E-state index contributed by atoms with van der Waals surface area (Å²) >= 11 is 0. The number of carbonyl (C=O) groups excluding carboxylic acids is 1. The van der Waals surface area contributed by atoms with Crippen LogP contribution in [0.4, 0.5) is 5.69 Å². The molecule has 8 heteroatoms. The molecule has 3 aromatic rings. The van der Waals surface area contributed by atoms with Gasteiger partial charge >= 0.3 is 0 Å². The third kappa shape index (κ3) is 3.42. The summed E-state index contributed by atoms with van der Waals surface area (Å²) in [4.78, 5) is 18.4. The number of hydrogen-bond acceptors (Lipinski definition) is 4. The summed E-state index contributed by atoms with van der Waals surface area (Å²) < 4.78 is 30.5. The molecule has 1 aliphatic heterocycles. The normalized spacial score (nSPS) is 16.4. The molecule has 29 heavy (non-hydrogen) atoms. The average Bonchev–Trinajstić information content (AvgIpc) is 3.21. The Morgan fingerprint density at radius 3 is 2.72 bits per heavy atom. The molecule has 2 heterocycles. The van der Waals surface area contributed by atoms with Crippen LogP contribution in [0, 0.1) is 0 Å². The fraction of sp³-hybridized carbons (Fsp3) is 0.333. The number of hydrogen-bond donors (Lipinski definition) is 1. The summed E-state index contributed by atoms with van der Waals surface area (Å²) in [5, 5.41) is 0. The van der Waals surface area contributed by atoms with E-state index in [1.54, 1.807) is 23.1 Å². The zero-order valence-corrected chi connectivity index (χ0v) is 17.5. The number of aromatic nitrogens is 2. The van der Waals surface area contributed by atoms with Crippen molar-refractivity contribution in [2.75, 3.05) is 4.90 Å². The number of amides is 1. The quantitative estimate of drug-likeness (QED) is 0.698. The lowest BCUT2D eigenvalue weighted by molar-refractivity contribution is -0.116. The summed E-state index contributed by atoms with van der Waals surface area (Å²) in [5.41, 5.74) is 3.49. The van der Waals surface area contributed by atoms with Crippen molar-refractivity contribution in [1.29, 1.82) is 0 Å². The van der Waals surface area contributed by atoms with E-state index in [4.69, 9.17) is 0 Å². The number of anilines is 1. The van der Waals surface area contributed by atoms with E-state index in [1.165, 1.54) is 6.92 Å². The van der Waals surface area contributed by atoms with Gasteiger partial charge in [0.15, 0.2) is 0 Å². The molecule has 1 N–H and O–H groups in total. The Hall–Kier alpha value is -2.71. The summed E-state index contributed by atoms with van der Waals surface area (Å²) in [6.07, 6.45) is 0.643. The topological polar surface area (TPSA) is 84.3 Å². The maximum atomic E-state index is 12.9. The number of nitrogens with zero attached hydrogens (tertiary/aromatic N) is 3. The van der Waals surface area contributed by atoms with E-state index in [1.807, 2.05) is 42.7 Å². The first-order valence-corrected chi connectivity index (χ1v) is 11.2. The van der Waals surface area contributed by atoms with Crippen molar-refractivity contribution in [3.05, 3.63) is 53.9 Å². The summed E-state index contributed by atoms with van der Waals surface area (Å²) in [6, 6.07) is 12.7. The van der Waals surface area contributed by atoms with Crippen LogP contribution in [-0.2, 0) is 34.3 Å². The standard InChI is InChI=1S/C21H24N4O3S/c1-4-24-20-8-6-5-7-18(20)23-21(24)13-22-29(27,28)17-9-10-19-16(12-17)11-14(2)25(19)15(3)26/h5-10,12,14,22H,4,11,13H2,1-3H3/t14-/m0/s1. The number of benzene rings is 2. The van der Waals surface area contributed by atoms with Gasteiger partial charge < -0.3 is 9.47 Å². The number of carbonyl (C=O) groups is 1. The lowest BCUT2D eigenvalue weighted by Crippen LogP contribution is -2.33. The van der Waals surface area contributed by atoms with Crippen molar-refractivity contribution in [3.63, 3.8) is 0 Å². The van der Waals surface area contributed by atoms with E-state index in [0.29, 0.717) is 18.8 Å². The van der Waals surface area contributed by atoms with Gasteiger partial charge in [-0.1, -0.05) is 12.1 Å². The molecular formula is C21H24N4O3S. The zero-order valence-electron chi connectivity index (χ0n) is 16.7. The molecule has 0 unspecified atom stereocenters. The molecule has 1 aromatic heterocycles. The summed E-state index contributed by atoms with van der Waals surface area (Å²) in [6.45, 7) is 6.31. The Balaban J connectivity index is 1.59. The number of fused-ring (bicyclic) bond motifs is 2. The Morgan fingerprint density at radius 1 is 1.24 bits per heavy atom. The molecule has 1 amide bonds. The van der Waals surface area contributed by atoms with Crippen molar-refractivity contribution >= 4 is 32.7 Å². The highest BCUT2D eigenvalue weighted by atomic mass is 32.2. The molecular weight excluding hydrogens is 388 g/mol. The Kier molecular flexibility index (Phi) is 4.92. The molecule has 0 fully saturated rings. The molecule has 0 aliphatic carbocycles. The van der Waals surface area contributed by atoms with E-state index in [2.05, 4.69) is 9.71 Å². The zero-order chi connectivity index (χ0) is 20.8. The molecule has 2 aromatic carbocycles. The van der Waals surface area contributed by atoms with Gasteiger partial charge in [0.1, 0.15) is 5.82 Å². The molecule has 4 rings (SSSR count). The minimum atomic E-state index is -3.70. The first-order chi connectivity index (χ1) is 13.8. The molecule has 152 valence electrons. The molecule has 0 saturated carbocycles. The number of imidazole rings is 1. The summed E-state index contributed by atoms with van der Waals surface area (Å²) in [7, 11) is -3.70. The van der Waals surface area contributed by atoms with Gasteiger partial charge in [0.05, 0.1) is 22.5 Å². The fourth-order valence-corrected chi connectivity index (χ4v) is 5.14. The van der Waals surface area contributed by atoms with Gasteiger partial charge in [-0.15, -0.1) is 0 Å². The van der Waals surface area contributed by atoms with Crippen molar-refractivity contribution in [2.24, 2.45) is 0 Å². The van der Waals surface area contributed by atoms with Crippen LogP contribution in [0.15, 0.2) is 47.4 Å². The van der Waals surface area contributed by atoms with E-state index in [-0.39, 0.29) is 23.4 Å². The predicted molar refractivity (Wildman–Crippen MR) is 112 cm³/mol. The van der Waals surface area contributed by atoms with E-state index in [0.717, 1.165) is 22.3 Å². The Labute approximate surface area is 170 Å². The highest BCUT2D eigenvalue weighted by Crippen LogP contribution is 2.33. The highest BCUT2D eigenvalue weighted by Gasteiger charge is 2.30. The highest BCUT2D eigenvalue weighted by molar-refractivity contribution is 7.89. The average molecular weight is 413 g/mol. The van der Waals surface area contributed by atoms with E-state index < -0.39 is 10.0 Å². The second kappa shape index (κ2) is 7.27. The molecule has 0 bridgehead atoms. The number of sulfonamides is 1. The number of nitrogens with one attached hydrogen (secondary N) is 1. The van der Waals surface area contributed by atoms with Crippen LogP contribution in [-0.4, -0.2) is 29.9 Å². The molecule has 7 nitrogen and oxygen atoms in total. The van der Waals surface area contributed by atoms with Crippen molar-refractivity contribution in [3.8, 4) is 0 Å². The second-order valence-electron chi connectivity index (χ2n) is 7.32. The van der Waals surface area contributed by atoms with E-state index >= 15 is 0 Å². The SMILES string of the molecule is CCn1c(CNS(=O)(=O)c2ccc3c(c2)C[C@H](C)N3C(C)=O)nc2ccccc21. The molecule has 0 spiro atoms. The second-order valence-corrected chi connectivity index (χ2v) is 9.09. The fourth-order valence-electron chi connectivity index (χ4n) is 4.11. The van der Waals surface area contributed by atoms with Crippen LogP contribution < -0.4 is 9.62 Å². The largest absolute Gasteiger partial charge is 0.327 e. The smallest absolute Gasteiger partial charge is 0.240 e. The van der Waals surface area contributed by atoms with Crippen LogP contribution in [0.3, 0.4) is 0 Å². The maximum absolute atomic E-state index is 12.9.